The molecule has 0 radical (unpaired) electrons. The standard InChI is InChI=1S/C23H22N4O2/c28-23-22(21-5-3-16(13-25-21)15-27-8-10-29-11-9-27)19-12-17(4-6-20(19)26-23)18-2-1-7-24-14-18/h1-7,12-14,22H,8-11,15H2,(H,26,28). The second-order valence-electron chi connectivity index (χ2n) is 7.45. The summed E-state index contributed by atoms with van der Waals surface area (Å²) in [6.45, 7) is 4.30. The number of nitrogens with one attached hydrogen (secondary N) is 1. The fraction of sp³-hybridized carbons (Fsp3) is 0.261. The number of fused-ring (bicyclic) bond motifs is 1. The second-order valence-corrected chi connectivity index (χ2v) is 7.45. The van der Waals surface area contributed by atoms with Gasteiger partial charge in [-0.3, -0.25) is 19.7 Å². The lowest BCUT2D eigenvalue weighted by Crippen LogP contribution is -2.35. The molecule has 1 aromatic carbocycles. The molecule has 146 valence electrons. The van der Waals surface area contributed by atoms with Crippen molar-refractivity contribution in [3.8, 4) is 11.1 Å². The second kappa shape index (κ2) is 7.73. The van der Waals surface area contributed by atoms with Gasteiger partial charge >= 0.3 is 0 Å². The Labute approximate surface area is 169 Å². The van der Waals surface area contributed by atoms with Gasteiger partial charge < -0.3 is 10.1 Å². The van der Waals surface area contributed by atoms with E-state index in [2.05, 4.69) is 32.3 Å². The van der Waals surface area contributed by atoms with Crippen LogP contribution in [0.4, 0.5) is 5.69 Å². The Morgan fingerprint density at radius 3 is 2.72 bits per heavy atom. The summed E-state index contributed by atoms with van der Waals surface area (Å²) in [6.07, 6.45) is 5.48. The van der Waals surface area contributed by atoms with E-state index in [9.17, 15) is 4.79 Å². The zero-order valence-corrected chi connectivity index (χ0v) is 16.0. The fourth-order valence-corrected chi connectivity index (χ4v) is 3.99. The van der Waals surface area contributed by atoms with Gasteiger partial charge in [0, 0.05) is 43.9 Å². The van der Waals surface area contributed by atoms with Gasteiger partial charge in [0.25, 0.3) is 0 Å². The maximum atomic E-state index is 12.7. The van der Waals surface area contributed by atoms with Crippen LogP contribution in [0.25, 0.3) is 11.1 Å². The molecular formula is C23H22N4O2. The van der Waals surface area contributed by atoms with Crippen LogP contribution in [0.15, 0.2) is 61.1 Å². The maximum Gasteiger partial charge on any atom is 0.238 e. The fourth-order valence-electron chi connectivity index (χ4n) is 3.99. The number of rotatable bonds is 4. The van der Waals surface area contributed by atoms with Gasteiger partial charge in [0.1, 0.15) is 5.92 Å². The number of ether oxygens (including phenoxy) is 1. The topological polar surface area (TPSA) is 67.4 Å². The minimum absolute atomic E-state index is 0.0308. The molecule has 1 unspecified atom stereocenters. The van der Waals surface area contributed by atoms with Crippen molar-refractivity contribution in [2.24, 2.45) is 0 Å². The molecule has 29 heavy (non-hydrogen) atoms. The highest BCUT2D eigenvalue weighted by atomic mass is 16.5. The van der Waals surface area contributed by atoms with Gasteiger partial charge in [-0.25, -0.2) is 0 Å². The molecule has 5 rings (SSSR count). The Morgan fingerprint density at radius 1 is 1.07 bits per heavy atom. The van der Waals surface area contributed by atoms with Gasteiger partial charge in [-0.2, -0.15) is 0 Å². The lowest BCUT2D eigenvalue weighted by Gasteiger charge is -2.26. The molecule has 0 spiro atoms. The van der Waals surface area contributed by atoms with E-state index in [1.165, 1.54) is 0 Å². The van der Waals surface area contributed by atoms with Gasteiger partial charge in [0.15, 0.2) is 0 Å². The van der Waals surface area contributed by atoms with Crippen molar-refractivity contribution in [3.05, 3.63) is 77.9 Å². The van der Waals surface area contributed by atoms with Crippen LogP contribution in [-0.2, 0) is 16.1 Å². The Kier molecular flexibility index (Phi) is 4.79. The Hall–Kier alpha value is -3.09. The number of aromatic nitrogens is 2. The lowest BCUT2D eigenvalue weighted by atomic mass is 9.93. The van der Waals surface area contributed by atoms with Crippen molar-refractivity contribution in [2.45, 2.75) is 12.5 Å². The highest BCUT2D eigenvalue weighted by Gasteiger charge is 2.33. The molecule has 2 aromatic heterocycles. The summed E-state index contributed by atoms with van der Waals surface area (Å²) >= 11 is 0. The lowest BCUT2D eigenvalue weighted by molar-refractivity contribution is -0.116. The van der Waals surface area contributed by atoms with Crippen molar-refractivity contribution >= 4 is 11.6 Å². The van der Waals surface area contributed by atoms with Crippen molar-refractivity contribution in [3.63, 3.8) is 0 Å². The Morgan fingerprint density at radius 2 is 1.97 bits per heavy atom. The first-order chi connectivity index (χ1) is 14.3. The van der Waals surface area contributed by atoms with E-state index in [4.69, 9.17) is 4.74 Å². The number of benzene rings is 1. The smallest absolute Gasteiger partial charge is 0.238 e. The summed E-state index contributed by atoms with van der Waals surface area (Å²) in [5.74, 6) is -0.421. The van der Waals surface area contributed by atoms with Gasteiger partial charge in [-0.15, -0.1) is 0 Å². The monoisotopic (exact) mass is 386 g/mol. The van der Waals surface area contributed by atoms with Crippen molar-refractivity contribution in [2.75, 3.05) is 31.6 Å². The molecular weight excluding hydrogens is 364 g/mol. The predicted molar refractivity (Wildman–Crippen MR) is 110 cm³/mol. The molecule has 3 aromatic rings. The molecule has 6 heteroatoms. The van der Waals surface area contributed by atoms with E-state index in [0.29, 0.717) is 0 Å². The number of anilines is 1. The highest BCUT2D eigenvalue weighted by Crippen LogP contribution is 2.38. The normalized spacial score (nSPS) is 19.0. The summed E-state index contributed by atoms with van der Waals surface area (Å²) in [6, 6.07) is 14.0. The molecule has 2 aliphatic rings. The van der Waals surface area contributed by atoms with Crippen LogP contribution in [-0.4, -0.2) is 47.1 Å². The summed E-state index contributed by atoms with van der Waals surface area (Å²) < 4.78 is 5.41. The van der Waals surface area contributed by atoms with Crippen LogP contribution in [0.5, 0.6) is 0 Å². The minimum Gasteiger partial charge on any atom is -0.379 e. The molecule has 0 aliphatic carbocycles. The van der Waals surface area contributed by atoms with Gasteiger partial charge in [-0.05, 0) is 46.5 Å². The first-order valence-corrected chi connectivity index (χ1v) is 9.88. The zero-order chi connectivity index (χ0) is 19.6. The Bertz CT molecular complexity index is 1010. The number of hydrogen-bond acceptors (Lipinski definition) is 5. The molecule has 1 fully saturated rings. The third-order valence-electron chi connectivity index (χ3n) is 5.53. The number of amides is 1. The number of pyridine rings is 2. The summed E-state index contributed by atoms with van der Waals surface area (Å²) in [5, 5.41) is 2.99. The van der Waals surface area contributed by atoms with Crippen LogP contribution in [0, 0.1) is 0 Å². The van der Waals surface area contributed by atoms with Crippen LogP contribution < -0.4 is 5.32 Å². The van der Waals surface area contributed by atoms with Crippen LogP contribution in [0.2, 0.25) is 0 Å². The number of nitrogens with zero attached hydrogens (tertiary/aromatic N) is 3. The van der Waals surface area contributed by atoms with Crippen molar-refractivity contribution in [1.82, 2.24) is 14.9 Å². The third-order valence-corrected chi connectivity index (χ3v) is 5.53. The predicted octanol–water partition coefficient (Wildman–Crippen LogP) is 3.06. The molecule has 1 N–H and O–H groups in total. The van der Waals surface area contributed by atoms with Crippen molar-refractivity contribution in [1.29, 1.82) is 0 Å². The number of carbonyl (C=O) groups is 1. The molecule has 1 saturated heterocycles. The largest absolute Gasteiger partial charge is 0.379 e. The van der Waals surface area contributed by atoms with E-state index in [-0.39, 0.29) is 11.8 Å². The van der Waals surface area contributed by atoms with E-state index >= 15 is 0 Å². The van der Waals surface area contributed by atoms with Crippen LogP contribution in [0.1, 0.15) is 22.7 Å². The van der Waals surface area contributed by atoms with Gasteiger partial charge in [0.05, 0.1) is 18.9 Å². The molecule has 0 saturated carbocycles. The summed E-state index contributed by atoms with van der Waals surface area (Å²) in [5.41, 5.74) is 5.81. The zero-order valence-electron chi connectivity index (χ0n) is 16.0. The highest BCUT2D eigenvalue weighted by molar-refractivity contribution is 6.05. The van der Waals surface area contributed by atoms with E-state index in [1.807, 2.05) is 42.7 Å². The van der Waals surface area contributed by atoms with Gasteiger partial charge in [-0.1, -0.05) is 18.2 Å². The van der Waals surface area contributed by atoms with E-state index in [0.717, 1.165) is 66.5 Å². The quantitative estimate of drug-likeness (QED) is 0.746. The minimum atomic E-state index is -0.390. The number of carbonyl (C=O) groups excluding carboxylic acids is 1. The summed E-state index contributed by atoms with van der Waals surface area (Å²) in [7, 11) is 0. The Balaban J connectivity index is 1.41. The van der Waals surface area contributed by atoms with Gasteiger partial charge in [0.2, 0.25) is 5.91 Å². The maximum absolute atomic E-state index is 12.7. The molecule has 1 atom stereocenters. The average molecular weight is 386 g/mol. The van der Waals surface area contributed by atoms with Crippen LogP contribution in [0.3, 0.4) is 0 Å². The van der Waals surface area contributed by atoms with E-state index < -0.39 is 0 Å². The molecule has 6 nitrogen and oxygen atoms in total. The molecule has 0 bridgehead atoms. The molecule has 2 aliphatic heterocycles. The number of hydrogen-bond donors (Lipinski definition) is 1. The first kappa shape index (κ1) is 18.0. The first-order valence-electron chi connectivity index (χ1n) is 9.88. The summed E-state index contributed by atoms with van der Waals surface area (Å²) in [4.78, 5) is 23.9. The molecule has 4 heterocycles. The van der Waals surface area contributed by atoms with Crippen molar-refractivity contribution < 1.29 is 9.53 Å². The van der Waals surface area contributed by atoms with E-state index in [1.54, 1.807) is 6.20 Å². The SMILES string of the molecule is O=C1Nc2ccc(-c3cccnc3)cc2C1c1ccc(CN2CCOCC2)cn1. The third kappa shape index (κ3) is 3.64. The average Bonchev–Trinajstić information content (AvgIpc) is 3.10. The van der Waals surface area contributed by atoms with Crippen LogP contribution >= 0.6 is 0 Å². The number of morpholine rings is 1. The molecule has 1 amide bonds.